The number of hydrogen-bond acceptors (Lipinski definition) is 3. The van der Waals surface area contributed by atoms with Crippen LogP contribution in [0.2, 0.25) is 0 Å². The van der Waals surface area contributed by atoms with E-state index in [0.29, 0.717) is 17.7 Å². The maximum absolute atomic E-state index is 12.5. The number of hydrogen-bond donors (Lipinski definition) is 1. The van der Waals surface area contributed by atoms with Crippen LogP contribution in [0, 0.1) is 5.92 Å². The lowest BCUT2D eigenvalue weighted by atomic mass is 9.89. The van der Waals surface area contributed by atoms with Gasteiger partial charge in [0.25, 0.3) is 5.91 Å². The first-order valence-electron chi connectivity index (χ1n) is 7.68. The predicted octanol–water partition coefficient (Wildman–Crippen LogP) is 1.66. The van der Waals surface area contributed by atoms with Crippen LogP contribution in [0.4, 0.5) is 0 Å². The van der Waals surface area contributed by atoms with Crippen LogP contribution in [0.1, 0.15) is 43.6 Å². The molecule has 0 bridgehead atoms. The monoisotopic (exact) mass is 278 g/mol. The Morgan fingerprint density at radius 1 is 1.50 bits per heavy atom. The first-order chi connectivity index (χ1) is 9.67. The summed E-state index contributed by atoms with van der Waals surface area (Å²) in [5, 5.41) is 7.71. The molecule has 1 aromatic heterocycles. The van der Waals surface area contributed by atoms with E-state index < -0.39 is 0 Å². The molecule has 0 aliphatic carbocycles. The smallest absolute Gasteiger partial charge is 0.272 e. The Balaban J connectivity index is 1.99. The van der Waals surface area contributed by atoms with E-state index in [1.54, 1.807) is 16.9 Å². The normalized spacial score (nSPS) is 23.1. The fraction of sp³-hybridized carbons (Fsp3) is 0.733. The highest BCUT2D eigenvalue weighted by molar-refractivity contribution is 5.92. The standard InChI is InChI=1S/C15H26N4O/c1-4-8-16-13-7-10-19(11-12(13)5-2)15(20)14-6-9-17-18(14)3/h6,9,12-13,16H,4-5,7-8,10-11H2,1-3H3. The number of carbonyl (C=O) groups is 1. The van der Waals surface area contributed by atoms with Crippen LogP contribution in [0.15, 0.2) is 12.3 Å². The molecule has 2 unspecified atom stereocenters. The molecule has 2 atom stereocenters. The second kappa shape index (κ2) is 6.88. The summed E-state index contributed by atoms with van der Waals surface area (Å²) >= 11 is 0. The third-order valence-corrected chi connectivity index (χ3v) is 4.24. The highest BCUT2D eigenvalue weighted by Gasteiger charge is 2.31. The summed E-state index contributed by atoms with van der Waals surface area (Å²) < 4.78 is 1.66. The second-order valence-electron chi connectivity index (χ2n) is 5.61. The van der Waals surface area contributed by atoms with Gasteiger partial charge in [0.15, 0.2) is 0 Å². The Kier molecular flexibility index (Phi) is 5.17. The maximum Gasteiger partial charge on any atom is 0.272 e. The van der Waals surface area contributed by atoms with Gasteiger partial charge in [0.1, 0.15) is 5.69 Å². The minimum atomic E-state index is 0.109. The molecule has 2 rings (SSSR count). The molecule has 0 spiro atoms. The molecule has 20 heavy (non-hydrogen) atoms. The molecule has 0 radical (unpaired) electrons. The van der Waals surface area contributed by atoms with Crippen molar-refractivity contribution in [2.75, 3.05) is 19.6 Å². The first kappa shape index (κ1) is 15.0. The Bertz CT molecular complexity index is 443. The van der Waals surface area contributed by atoms with E-state index in [1.807, 2.05) is 11.9 Å². The molecule has 5 nitrogen and oxygen atoms in total. The lowest BCUT2D eigenvalue weighted by molar-refractivity contribution is 0.0616. The van der Waals surface area contributed by atoms with E-state index in [1.165, 1.54) is 0 Å². The first-order valence-corrected chi connectivity index (χ1v) is 7.68. The van der Waals surface area contributed by atoms with E-state index in [4.69, 9.17) is 0 Å². The molecule has 1 aliphatic rings. The van der Waals surface area contributed by atoms with Crippen molar-refractivity contribution in [2.45, 2.75) is 39.2 Å². The zero-order valence-corrected chi connectivity index (χ0v) is 12.8. The van der Waals surface area contributed by atoms with Crippen molar-refractivity contribution in [3.63, 3.8) is 0 Å². The van der Waals surface area contributed by atoms with Crippen molar-refractivity contribution in [2.24, 2.45) is 13.0 Å². The summed E-state index contributed by atoms with van der Waals surface area (Å²) in [6.07, 6.45) is 4.99. The van der Waals surface area contributed by atoms with Crippen molar-refractivity contribution in [3.05, 3.63) is 18.0 Å². The van der Waals surface area contributed by atoms with E-state index in [9.17, 15) is 4.79 Å². The number of piperidine rings is 1. The molecule has 1 N–H and O–H groups in total. The van der Waals surface area contributed by atoms with Crippen LogP contribution in [0.3, 0.4) is 0 Å². The van der Waals surface area contributed by atoms with Crippen LogP contribution in [-0.4, -0.2) is 46.3 Å². The van der Waals surface area contributed by atoms with Gasteiger partial charge >= 0.3 is 0 Å². The van der Waals surface area contributed by atoms with Crippen LogP contribution in [0.25, 0.3) is 0 Å². The van der Waals surface area contributed by atoms with Gasteiger partial charge in [-0.15, -0.1) is 0 Å². The average molecular weight is 278 g/mol. The van der Waals surface area contributed by atoms with Crippen LogP contribution in [-0.2, 0) is 7.05 Å². The van der Waals surface area contributed by atoms with E-state index >= 15 is 0 Å². The number of rotatable bonds is 5. The maximum atomic E-state index is 12.5. The van der Waals surface area contributed by atoms with E-state index in [2.05, 4.69) is 24.3 Å². The summed E-state index contributed by atoms with van der Waals surface area (Å²) in [6.45, 7) is 7.15. The van der Waals surface area contributed by atoms with Crippen LogP contribution < -0.4 is 5.32 Å². The third-order valence-electron chi connectivity index (χ3n) is 4.24. The number of aryl methyl sites for hydroxylation is 1. The van der Waals surface area contributed by atoms with Gasteiger partial charge in [-0.2, -0.15) is 5.10 Å². The van der Waals surface area contributed by atoms with Crippen LogP contribution >= 0.6 is 0 Å². The summed E-state index contributed by atoms with van der Waals surface area (Å²) in [5.74, 6) is 0.657. The Morgan fingerprint density at radius 2 is 2.30 bits per heavy atom. The number of carbonyl (C=O) groups excluding carboxylic acids is 1. The molecule has 2 heterocycles. The highest BCUT2D eigenvalue weighted by atomic mass is 16.2. The second-order valence-corrected chi connectivity index (χ2v) is 5.61. The lowest BCUT2D eigenvalue weighted by Gasteiger charge is -2.38. The fourth-order valence-corrected chi connectivity index (χ4v) is 2.97. The topological polar surface area (TPSA) is 50.2 Å². The molecule has 1 aromatic rings. The van der Waals surface area contributed by atoms with Gasteiger partial charge in [-0.25, -0.2) is 0 Å². The number of nitrogens with zero attached hydrogens (tertiary/aromatic N) is 3. The molecular formula is C15H26N4O. The lowest BCUT2D eigenvalue weighted by Crippen LogP contribution is -2.51. The summed E-state index contributed by atoms with van der Waals surface area (Å²) in [4.78, 5) is 14.5. The minimum Gasteiger partial charge on any atom is -0.337 e. The van der Waals surface area contributed by atoms with Gasteiger partial charge in [0, 0.05) is 32.4 Å². The Morgan fingerprint density at radius 3 is 2.90 bits per heavy atom. The molecule has 1 amide bonds. The molecular weight excluding hydrogens is 252 g/mol. The van der Waals surface area contributed by atoms with Gasteiger partial charge in [-0.05, 0) is 31.4 Å². The van der Waals surface area contributed by atoms with Crippen molar-refractivity contribution < 1.29 is 4.79 Å². The molecule has 1 aliphatic heterocycles. The van der Waals surface area contributed by atoms with Gasteiger partial charge < -0.3 is 10.2 Å². The quantitative estimate of drug-likeness (QED) is 0.891. The summed E-state index contributed by atoms with van der Waals surface area (Å²) in [5.41, 5.74) is 0.680. The van der Waals surface area contributed by atoms with Crippen LogP contribution in [0.5, 0.6) is 0 Å². The molecule has 1 fully saturated rings. The zero-order chi connectivity index (χ0) is 14.5. The van der Waals surface area contributed by atoms with Crippen molar-refractivity contribution in [1.29, 1.82) is 0 Å². The summed E-state index contributed by atoms with van der Waals surface area (Å²) in [7, 11) is 1.82. The average Bonchev–Trinajstić information content (AvgIpc) is 2.90. The fourth-order valence-electron chi connectivity index (χ4n) is 2.97. The number of likely N-dealkylation sites (tertiary alicyclic amines) is 1. The van der Waals surface area contributed by atoms with E-state index in [0.717, 1.165) is 38.9 Å². The third kappa shape index (κ3) is 3.20. The van der Waals surface area contributed by atoms with Gasteiger partial charge in [0.2, 0.25) is 0 Å². The van der Waals surface area contributed by atoms with Crippen molar-refractivity contribution in [3.8, 4) is 0 Å². The number of nitrogens with one attached hydrogen (secondary N) is 1. The predicted molar refractivity (Wildman–Crippen MR) is 79.6 cm³/mol. The molecule has 1 saturated heterocycles. The number of aromatic nitrogens is 2. The highest BCUT2D eigenvalue weighted by Crippen LogP contribution is 2.21. The van der Waals surface area contributed by atoms with Gasteiger partial charge in [-0.3, -0.25) is 9.48 Å². The largest absolute Gasteiger partial charge is 0.337 e. The molecule has 0 saturated carbocycles. The Hall–Kier alpha value is -1.36. The summed E-state index contributed by atoms with van der Waals surface area (Å²) in [6, 6.07) is 2.35. The Labute approximate surface area is 121 Å². The number of amides is 1. The molecule has 5 heteroatoms. The van der Waals surface area contributed by atoms with E-state index in [-0.39, 0.29) is 5.91 Å². The SMILES string of the molecule is CCCNC1CCN(C(=O)c2ccnn2C)CC1CC. The van der Waals surface area contributed by atoms with Gasteiger partial charge in [0.05, 0.1) is 0 Å². The van der Waals surface area contributed by atoms with Crippen molar-refractivity contribution in [1.82, 2.24) is 20.0 Å². The van der Waals surface area contributed by atoms with Crippen molar-refractivity contribution >= 4 is 5.91 Å². The minimum absolute atomic E-state index is 0.109. The molecule has 0 aromatic carbocycles. The van der Waals surface area contributed by atoms with Gasteiger partial charge in [-0.1, -0.05) is 20.3 Å². The molecule has 112 valence electrons. The zero-order valence-electron chi connectivity index (χ0n) is 12.8.